The Labute approximate surface area is 124 Å². The molecule has 0 N–H and O–H groups in total. The van der Waals surface area contributed by atoms with Crippen molar-refractivity contribution >= 4 is 21.6 Å². The number of nitrogens with zero attached hydrogens (tertiary/aromatic N) is 1. The van der Waals surface area contributed by atoms with Crippen LogP contribution in [-0.2, 0) is 16.4 Å². The summed E-state index contributed by atoms with van der Waals surface area (Å²) < 4.78 is 35.7. The molecule has 1 aliphatic heterocycles. The lowest BCUT2D eigenvalue weighted by molar-refractivity contribution is 0.323. The maximum atomic E-state index is 11.9. The molecule has 20 heavy (non-hydrogen) atoms. The molecule has 0 aliphatic carbocycles. The average molecular weight is 320 g/mol. The fraction of sp³-hybridized carbons (Fsp3) is 0.538. The largest absolute Gasteiger partial charge is 0.493 e. The first-order chi connectivity index (χ1) is 9.42. The van der Waals surface area contributed by atoms with Gasteiger partial charge in [-0.3, -0.25) is 0 Å². The van der Waals surface area contributed by atoms with Crippen LogP contribution in [0.1, 0.15) is 17.2 Å². The summed E-state index contributed by atoms with van der Waals surface area (Å²) in [6.45, 7) is 0.429. The SMILES string of the molecule is COc1cc2c(cc1OC)C(CCl)N(S(C)(=O)=O)CC2. The first-order valence-electron chi connectivity index (χ1n) is 6.20. The number of fused-ring (bicyclic) bond motifs is 1. The van der Waals surface area contributed by atoms with Crippen LogP contribution in [0.25, 0.3) is 0 Å². The molecule has 1 atom stereocenters. The molecule has 1 heterocycles. The molecular formula is C13H18ClNO4S. The van der Waals surface area contributed by atoms with E-state index in [4.69, 9.17) is 21.1 Å². The maximum Gasteiger partial charge on any atom is 0.211 e. The van der Waals surface area contributed by atoms with E-state index >= 15 is 0 Å². The van der Waals surface area contributed by atoms with Crippen molar-refractivity contribution in [3.8, 4) is 11.5 Å². The molecule has 0 amide bonds. The number of halogens is 1. The van der Waals surface area contributed by atoms with Crippen molar-refractivity contribution < 1.29 is 17.9 Å². The zero-order valence-electron chi connectivity index (χ0n) is 11.7. The first-order valence-corrected chi connectivity index (χ1v) is 8.58. The highest BCUT2D eigenvalue weighted by Crippen LogP contribution is 2.39. The van der Waals surface area contributed by atoms with Gasteiger partial charge < -0.3 is 9.47 Å². The van der Waals surface area contributed by atoms with Gasteiger partial charge in [-0.1, -0.05) is 0 Å². The smallest absolute Gasteiger partial charge is 0.211 e. The van der Waals surface area contributed by atoms with E-state index in [0.29, 0.717) is 24.5 Å². The summed E-state index contributed by atoms with van der Waals surface area (Å²) in [5.41, 5.74) is 1.93. The number of methoxy groups -OCH3 is 2. The van der Waals surface area contributed by atoms with Crippen LogP contribution in [0.4, 0.5) is 0 Å². The summed E-state index contributed by atoms with van der Waals surface area (Å²) in [5.74, 6) is 1.43. The Hall–Kier alpha value is -0.980. The number of ether oxygens (including phenoxy) is 2. The standard InChI is InChI=1S/C13H18ClNO4S/c1-18-12-6-9-4-5-15(20(3,16)17)11(8-14)10(9)7-13(12)19-2/h6-7,11H,4-5,8H2,1-3H3. The Morgan fingerprint density at radius 3 is 2.40 bits per heavy atom. The van der Waals surface area contributed by atoms with Crippen molar-refractivity contribution in [3.63, 3.8) is 0 Å². The molecule has 2 rings (SSSR count). The molecule has 0 aromatic heterocycles. The van der Waals surface area contributed by atoms with Gasteiger partial charge in [-0.15, -0.1) is 11.6 Å². The molecule has 1 unspecified atom stereocenters. The van der Waals surface area contributed by atoms with Crippen molar-refractivity contribution in [2.75, 3.05) is 32.9 Å². The molecule has 1 aromatic rings. The van der Waals surface area contributed by atoms with Gasteiger partial charge in [0, 0.05) is 12.4 Å². The van der Waals surface area contributed by atoms with Gasteiger partial charge in [0.05, 0.1) is 26.5 Å². The highest BCUT2D eigenvalue weighted by molar-refractivity contribution is 7.88. The lowest BCUT2D eigenvalue weighted by atomic mass is 9.94. The molecule has 5 nitrogen and oxygen atoms in total. The molecule has 1 aliphatic rings. The Morgan fingerprint density at radius 2 is 1.90 bits per heavy atom. The summed E-state index contributed by atoms with van der Waals surface area (Å²) in [4.78, 5) is 0. The zero-order valence-corrected chi connectivity index (χ0v) is 13.3. The van der Waals surface area contributed by atoms with Gasteiger partial charge in [-0.25, -0.2) is 8.42 Å². The average Bonchev–Trinajstić information content (AvgIpc) is 2.43. The quantitative estimate of drug-likeness (QED) is 0.794. The predicted octanol–water partition coefficient (Wildman–Crippen LogP) is 1.80. The van der Waals surface area contributed by atoms with Gasteiger partial charge in [0.1, 0.15) is 0 Å². The number of sulfonamides is 1. The molecule has 0 bridgehead atoms. The Balaban J connectivity index is 2.53. The van der Waals surface area contributed by atoms with Gasteiger partial charge in [0.25, 0.3) is 0 Å². The first kappa shape index (κ1) is 15.4. The summed E-state index contributed by atoms with van der Waals surface area (Å²) in [5, 5.41) is 0. The maximum absolute atomic E-state index is 11.9. The molecular weight excluding hydrogens is 302 g/mol. The fourth-order valence-electron chi connectivity index (χ4n) is 2.56. The Morgan fingerprint density at radius 1 is 1.30 bits per heavy atom. The summed E-state index contributed by atoms with van der Waals surface area (Å²) in [7, 11) is -0.157. The van der Waals surface area contributed by atoms with Crippen molar-refractivity contribution in [2.45, 2.75) is 12.5 Å². The van der Waals surface area contributed by atoms with Crippen molar-refractivity contribution in [1.82, 2.24) is 4.31 Å². The zero-order chi connectivity index (χ0) is 14.9. The third-order valence-electron chi connectivity index (χ3n) is 3.53. The molecule has 0 saturated heterocycles. The van der Waals surface area contributed by atoms with Gasteiger partial charge >= 0.3 is 0 Å². The summed E-state index contributed by atoms with van der Waals surface area (Å²) >= 11 is 6.00. The van der Waals surface area contributed by atoms with Crippen LogP contribution in [0.3, 0.4) is 0 Å². The van der Waals surface area contributed by atoms with Gasteiger partial charge in [0.2, 0.25) is 10.0 Å². The normalized spacial score (nSPS) is 19.5. The highest BCUT2D eigenvalue weighted by atomic mass is 35.5. The fourth-order valence-corrected chi connectivity index (χ4v) is 4.05. The Bertz CT molecular complexity index is 603. The van der Waals surface area contributed by atoms with Crippen LogP contribution in [-0.4, -0.2) is 45.6 Å². The molecule has 0 radical (unpaired) electrons. The van der Waals surface area contributed by atoms with E-state index < -0.39 is 10.0 Å². The lowest BCUT2D eigenvalue weighted by Gasteiger charge is -2.34. The number of hydrogen-bond acceptors (Lipinski definition) is 4. The van der Waals surface area contributed by atoms with Crippen LogP contribution in [0.15, 0.2) is 12.1 Å². The topological polar surface area (TPSA) is 55.8 Å². The second kappa shape index (κ2) is 5.79. The number of rotatable bonds is 4. The van der Waals surface area contributed by atoms with Gasteiger partial charge in [-0.05, 0) is 29.7 Å². The van der Waals surface area contributed by atoms with Gasteiger partial charge in [0.15, 0.2) is 11.5 Å². The van der Waals surface area contributed by atoms with Crippen LogP contribution < -0.4 is 9.47 Å². The number of hydrogen-bond donors (Lipinski definition) is 0. The van der Waals surface area contributed by atoms with Crippen LogP contribution >= 0.6 is 11.6 Å². The van der Waals surface area contributed by atoms with Crippen LogP contribution in [0.2, 0.25) is 0 Å². The predicted molar refractivity (Wildman–Crippen MR) is 78.3 cm³/mol. The minimum atomic E-state index is -3.29. The van der Waals surface area contributed by atoms with Gasteiger partial charge in [-0.2, -0.15) is 4.31 Å². The number of alkyl halides is 1. The molecule has 7 heteroatoms. The molecule has 112 valence electrons. The highest BCUT2D eigenvalue weighted by Gasteiger charge is 2.33. The molecule has 0 spiro atoms. The third-order valence-corrected chi connectivity index (χ3v) is 5.11. The van der Waals surface area contributed by atoms with E-state index in [1.807, 2.05) is 12.1 Å². The summed E-state index contributed by atoms with van der Waals surface area (Å²) in [6.07, 6.45) is 1.84. The lowest BCUT2D eigenvalue weighted by Crippen LogP contribution is -2.40. The van der Waals surface area contributed by atoms with Crippen molar-refractivity contribution in [2.24, 2.45) is 0 Å². The number of benzene rings is 1. The van der Waals surface area contributed by atoms with E-state index in [1.165, 1.54) is 10.6 Å². The molecule has 0 saturated carbocycles. The third kappa shape index (κ3) is 2.73. The summed E-state index contributed by atoms with van der Waals surface area (Å²) in [6, 6.07) is 3.35. The van der Waals surface area contributed by atoms with Crippen LogP contribution in [0.5, 0.6) is 11.5 Å². The van der Waals surface area contributed by atoms with Crippen LogP contribution in [0, 0.1) is 0 Å². The van der Waals surface area contributed by atoms with E-state index in [-0.39, 0.29) is 11.9 Å². The Kier molecular flexibility index (Phi) is 4.46. The minimum absolute atomic E-state index is 0.204. The minimum Gasteiger partial charge on any atom is -0.493 e. The van der Waals surface area contributed by atoms with E-state index in [0.717, 1.165) is 11.1 Å². The van der Waals surface area contributed by atoms with E-state index in [2.05, 4.69) is 0 Å². The van der Waals surface area contributed by atoms with Crippen molar-refractivity contribution in [1.29, 1.82) is 0 Å². The second-order valence-electron chi connectivity index (χ2n) is 4.70. The molecule has 1 aromatic carbocycles. The monoisotopic (exact) mass is 319 g/mol. The second-order valence-corrected chi connectivity index (χ2v) is 6.94. The van der Waals surface area contributed by atoms with E-state index in [9.17, 15) is 8.42 Å². The molecule has 0 fully saturated rings. The van der Waals surface area contributed by atoms with E-state index in [1.54, 1.807) is 14.2 Å². The van der Waals surface area contributed by atoms with Crippen molar-refractivity contribution in [3.05, 3.63) is 23.3 Å².